The highest BCUT2D eigenvalue weighted by Crippen LogP contribution is 2.38. The second kappa shape index (κ2) is 5.19. The monoisotopic (exact) mass is 276 g/mol. The zero-order chi connectivity index (χ0) is 13.2. The Morgan fingerprint density at radius 2 is 2.26 bits per heavy atom. The minimum absolute atomic E-state index is 0.0511. The summed E-state index contributed by atoms with van der Waals surface area (Å²) in [5, 5.41) is 10.2. The van der Waals surface area contributed by atoms with E-state index in [1.807, 2.05) is 25.1 Å². The van der Waals surface area contributed by atoms with E-state index in [0.717, 1.165) is 46.7 Å². The van der Waals surface area contributed by atoms with E-state index in [9.17, 15) is 5.11 Å². The van der Waals surface area contributed by atoms with Crippen molar-refractivity contribution >= 4 is 22.2 Å². The van der Waals surface area contributed by atoms with Gasteiger partial charge in [-0.15, -0.1) is 0 Å². The summed E-state index contributed by atoms with van der Waals surface area (Å²) in [6.07, 6.45) is 0.960. The third-order valence-electron chi connectivity index (χ3n) is 3.20. The first-order chi connectivity index (χ1) is 9.29. The average molecular weight is 276 g/mol. The van der Waals surface area contributed by atoms with E-state index in [1.165, 1.54) is 0 Å². The van der Waals surface area contributed by atoms with E-state index in [0.29, 0.717) is 0 Å². The van der Waals surface area contributed by atoms with Gasteiger partial charge >= 0.3 is 0 Å². The Morgan fingerprint density at radius 1 is 1.42 bits per heavy atom. The highest BCUT2D eigenvalue weighted by atomic mass is 32.1. The Kier molecular flexibility index (Phi) is 3.40. The predicted octanol–water partition coefficient (Wildman–Crippen LogP) is 2.86. The number of hydrogen-bond donors (Lipinski definition) is 1. The number of para-hydroxylation sites is 2. The number of benzene rings is 1. The van der Waals surface area contributed by atoms with Crippen LogP contribution in [0, 0.1) is 6.92 Å². The van der Waals surface area contributed by atoms with Gasteiger partial charge in [-0.25, -0.2) is 4.98 Å². The lowest BCUT2D eigenvalue weighted by atomic mass is 10.2. The highest BCUT2D eigenvalue weighted by Gasteiger charge is 2.20. The molecule has 19 heavy (non-hydrogen) atoms. The molecule has 4 nitrogen and oxygen atoms in total. The summed E-state index contributed by atoms with van der Waals surface area (Å²) < 4.78 is 5.75. The van der Waals surface area contributed by atoms with Crippen molar-refractivity contribution in [1.29, 1.82) is 0 Å². The van der Waals surface area contributed by atoms with Crippen LogP contribution < -0.4 is 9.64 Å². The molecule has 0 unspecified atom stereocenters. The normalized spacial score (nSPS) is 14.7. The molecule has 1 aromatic carbocycles. The molecule has 5 heteroatoms. The van der Waals surface area contributed by atoms with Gasteiger partial charge in [-0.3, -0.25) is 0 Å². The SMILES string of the molecule is Cc1nc(N2CCCOc3ccccc32)sc1CO. The summed E-state index contributed by atoms with van der Waals surface area (Å²) in [5.41, 5.74) is 1.96. The zero-order valence-electron chi connectivity index (χ0n) is 10.8. The Hall–Kier alpha value is -1.59. The van der Waals surface area contributed by atoms with Crippen LogP contribution in [0.2, 0.25) is 0 Å². The Bertz CT molecular complexity index is 583. The molecule has 2 aromatic rings. The molecule has 3 rings (SSSR count). The first-order valence-electron chi connectivity index (χ1n) is 6.36. The topological polar surface area (TPSA) is 45.6 Å². The molecule has 100 valence electrons. The van der Waals surface area contributed by atoms with Crippen molar-refractivity contribution in [3.8, 4) is 5.75 Å². The van der Waals surface area contributed by atoms with Crippen LogP contribution in [-0.2, 0) is 6.61 Å². The van der Waals surface area contributed by atoms with Gasteiger partial charge in [-0.05, 0) is 25.5 Å². The van der Waals surface area contributed by atoms with Crippen LogP contribution in [0.5, 0.6) is 5.75 Å². The Labute approximate surface area is 116 Å². The van der Waals surface area contributed by atoms with Crippen LogP contribution in [0.25, 0.3) is 0 Å². The molecular formula is C14H16N2O2S. The van der Waals surface area contributed by atoms with E-state index in [1.54, 1.807) is 11.3 Å². The molecule has 1 aromatic heterocycles. The maximum Gasteiger partial charge on any atom is 0.190 e. The van der Waals surface area contributed by atoms with E-state index in [4.69, 9.17) is 4.74 Å². The Balaban J connectivity index is 2.03. The number of hydrogen-bond acceptors (Lipinski definition) is 5. The van der Waals surface area contributed by atoms with Gasteiger partial charge in [0.2, 0.25) is 0 Å². The van der Waals surface area contributed by atoms with Crippen molar-refractivity contribution in [1.82, 2.24) is 4.98 Å². The first kappa shape index (κ1) is 12.4. The predicted molar refractivity (Wildman–Crippen MR) is 76.3 cm³/mol. The van der Waals surface area contributed by atoms with Gasteiger partial charge in [0.25, 0.3) is 0 Å². The van der Waals surface area contributed by atoms with Crippen LogP contribution in [0.15, 0.2) is 24.3 Å². The first-order valence-corrected chi connectivity index (χ1v) is 7.18. The van der Waals surface area contributed by atoms with Crippen molar-refractivity contribution in [2.45, 2.75) is 20.0 Å². The minimum atomic E-state index is 0.0511. The number of aromatic nitrogens is 1. The molecule has 0 saturated carbocycles. The third-order valence-corrected chi connectivity index (χ3v) is 4.36. The maximum absolute atomic E-state index is 9.31. The molecular weight excluding hydrogens is 260 g/mol. The number of fused-ring (bicyclic) bond motifs is 1. The second-order valence-electron chi connectivity index (χ2n) is 4.48. The van der Waals surface area contributed by atoms with Crippen molar-refractivity contribution in [3.05, 3.63) is 34.8 Å². The van der Waals surface area contributed by atoms with Crippen molar-refractivity contribution < 1.29 is 9.84 Å². The number of aliphatic hydroxyl groups is 1. The largest absolute Gasteiger partial charge is 0.491 e. The summed E-state index contributed by atoms with van der Waals surface area (Å²) in [4.78, 5) is 7.68. The van der Waals surface area contributed by atoms with Crippen molar-refractivity contribution in [3.63, 3.8) is 0 Å². The molecule has 0 bridgehead atoms. The van der Waals surface area contributed by atoms with Crippen LogP contribution in [0.4, 0.5) is 10.8 Å². The van der Waals surface area contributed by atoms with Crippen LogP contribution in [0.3, 0.4) is 0 Å². The molecule has 2 heterocycles. The van der Waals surface area contributed by atoms with E-state index >= 15 is 0 Å². The molecule has 1 N–H and O–H groups in total. The average Bonchev–Trinajstić information content (AvgIpc) is 2.68. The molecule has 1 aliphatic heterocycles. The Morgan fingerprint density at radius 3 is 3.05 bits per heavy atom. The molecule has 0 saturated heterocycles. The molecule has 0 spiro atoms. The van der Waals surface area contributed by atoms with Gasteiger partial charge in [-0.2, -0.15) is 0 Å². The van der Waals surface area contributed by atoms with Crippen LogP contribution in [-0.4, -0.2) is 23.2 Å². The van der Waals surface area contributed by atoms with Gasteiger partial charge in [-0.1, -0.05) is 23.5 Å². The van der Waals surface area contributed by atoms with Crippen LogP contribution in [0.1, 0.15) is 17.0 Å². The van der Waals surface area contributed by atoms with E-state index < -0.39 is 0 Å². The lowest BCUT2D eigenvalue weighted by Crippen LogP contribution is -2.17. The number of nitrogens with zero attached hydrogens (tertiary/aromatic N) is 2. The lowest BCUT2D eigenvalue weighted by molar-refractivity contribution is 0.284. The van der Waals surface area contributed by atoms with E-state index in [-0.39, 0.29) is 6.61 Å². The number of ether oxygens (including phenoxy) is 1. The fourth-order valence-corrected chi connectivity index (χ4v) is 3.16. The quantitative estimate of drug-likeness (QED) is 0.916. The molecule has 0 fully saturated rings. The summed E-state index contributed by atoms with van der Waals surface area (Å²) >= 11 is 1.55. The summed E-state index contributed by atoms with van der Waals surface area (Å²) in [5.74, 6) is 0.901. The van der Waals surface area contributed by atoms with Gasteiger partial charge in [0, 0.05) is 6.54 Å². The van der Waals surface area contributed by atoms with Crippen molar-refractivity contribution in [2.75, 3.05) is 18.1 Å². The fourth-order valence-electron chi connectivity index (χ4n) is 2.20. The minimum Gasteiger partial charge on any atom is -0.491 e. The smallest absolute Gasteiger partial charge is 0.190 e. The van der Waals surface area contributed by atoms with Gasteiger partial charge < -0.3 is 14.7 Å². The molecule has 0 amide bonds. The maximum atomic E-state index is 9.31. The van der Waals surface area contributed by atoms with Gasteiger partial charge in [0.1, 0.15) is 5.75 Å². The summed E-state index contributed by atoms with van der Waals surface area (Å²) in [6.45, 7) is 3.60. The summed E-state index contributed by atoms with van der Waals surface area (Å²) in [7, 11) is 0. The van der Waals surface area contributed by atoms with Crippen LogP contribution >= 0.6 is 11.3 Å². The van der Waals surface area contributed by atoms with Gasteiger partial charge in [0.15, 0.2) is 5.13 Å². The number of aliphatic hydroxyl groups excluding tert-OH is 1. The molecule has 0 atom stereocenters. The van der Waals surface area contributed by atoms with E-state index in [2.05, 4.69) is 16.0 Å². The third kappa shape index (κ3) is 2.31. The standard InChI is InChI=1S/C14H16N2O2S/c1-10-13(9-17)19-14(15-10)16-7-4-8-18-12-6-3-2-5-11(12)16/h2-3,5-6,17H,4,7-9H2,1H3. The van der Waals surface area contributed by atoms with Crippen molar-refractivity contribution in [2.24, 2.45) is 0 Å². The lowest BCUT2D eigenvalue weighted by Gasteiger charge is -2.20. The fraction of sp³-hybridized carbons (Fsp3) is 0.357. The molecule has 1 aliphatic rings. The van der Waals surface area contributed by atoms with Gasteiger partial charge in [0.05, 0.1) is 29.5 Å². The highest BCUT2D eigenvalue weighted by molar-refractivity contribution is 7.15. The number of thiazole rings is 1. The summed E-state index contributed by atoms with van der Waals surface area (Å²) in [6, 6.07) is 8.03. The molecule has 0 radical (unpaired) electrons. The second-order valence-corrected chi connectivity index (χ2v) is 5.55. The molecule has 0 aliphatic carbocycles. The number of rotatable bonds is 2. The zero-order valence-corrected chi connectivity index (χ0v) is 11.6. The number of aryl methyl sites for hydroxylation is 1. The number of anilines is 2.